The van der Waals surface area contributed by atoms with E-state index in [9.17, 15) is 14.0 Å². The maximum Gasteiger partial charge on any atom is 0.313 e. The first-order valence-corrected chi connectivity index (χ1v) is 5.44. The van der Waals surface area contributed by atoms with Gasteiger partial charge in [0.15, 0.2) is 0 Å². The van der Waals surface area contributed by atoms with Crippen LogP contribution in [0.2, 0.25) is 0 Å². The largest absolute Gasteiger partial charge is 0.345 e. The van der Waals surface area contributed by atoms with Crippen molar-refractivity contribution in [2.24, 2.45) is 0 Å². The topological polar surface area (TPSA) is 58.2 Å². The molecule has 1 aromatic rings. The minimum Gasteiger partial charge on any atom is -0.345 e. The number of anilines is 1. The van der Waals surface area contributed by atoms with Crippen LogP contribution in [0.3, 0.4) is 0 Å². The summed E-state index contributed by atoms with van der Waals surface area (Å²) in [6, 6.07) is 4.42. The van der Waals surface area contributed by atoms with E-state index in [0.717, 1.165) is 12.8 Å². The SMILES string of the molecule is Cc1ccc(NC(=O)C(=O)NC2CC2)cc1F. The van der Waals surface area contributed by atoms with Crippen molar-refractivity contribution >= 4 is 17.5 Å². The molecule has 1 saturated carbocycles. The molecular formula is C12H13FN2O2. The predicted octanol–water partition coefficient (Wildman–Crippen LogP) is 1.35. The summed E-state index contributed by atoms with van der Waals surface area (Å²) in [6.45, 7) is 1.63. The molecule has 0 unspecified atom stereocenters. The fourth-order valence-corrected chi connectivity index (χ4v) is 1.34. The van der Waals surface area contributed by atoms with E-state index in [2.05, 4.69) is 10.6 Å². The van der Waals surface area contributed by atoms with Gasteiger partial charge in [-0.1, -0.05) is 6.07 Å². The highest BCUT2D eigenvalue weighted by molar-refractivity contribution is 6.39. The second kappa shape index (κ2) is 4.53. The van der Waals surface area contributed by atoms with Crippen LogP contribution in [-0.4, -0.2) is 17.9 Å². The highest BCUT2D eigenvalue weighted by Gasteiger charge is 2.26. The van der Waals surface area contributed by atoms with Crippen LogP contribution in [0.1, 0.15) is 18.4 Å². The van der Waals surface area contributed by atoms with Gasteiger partial charge in [0.1, 0.15) is 5.82 Å². The summed E-state index contributed by atoms with van der Waals surface area (Å²) in [5.41, 5.74) is 0.773. The number of aryl methyl sites for hydroxylation is 1. The monoisotopic (exact) mass is 236 g/mol. The Bertz CT molecular complexity index is 470. The molecule has 90 valence electrons. The molecule has 1 aromatic carbocycles. The summed E-state index contributed by atoms with van der Waals surface area (Å²) in [4.78, 5) is 22.8. The van der Waals surface area contributed by atoms with Crippen molar-refractivity contribution in [3.05, 3.63) is 29.6 Å². The van der Waals surface area contributed by atoms with Gasteiger partial charge in [-0.25, -0.2) is 4.39 Å². The van der Waals surface area contributed by atoms with Gasteiger partial charge in [-0.2, -0.15) is 0 Å². The molecule has 0 spiro atoms. The van der Waals surface area contributed by atoms with E-state index in [1.165, 1.54) is 6.07 Å². The van der Waals surface area contributed by atoms with Crippen LogP contribution in [0.4, 0.5) is 10.1 Å². The Morgan fingerprint density at radius 2 is 2.00 bits per heavy atom. The van der Waals surface area contributed by atoms with Crippen LogP contribution in [-0.2, 0) is 9.59 Å². The van der Waals surface area contributed by atoms with Crippen LogP contribution in [0.5, 0.6) is 0 Å². The number of benzene rings is 1. The molecule has 0 saturated heterocycles. The van der Waals surface area contributed by atoms with Gasteiger partial charge < -0.3 is 10.6 Å². The third-order valence-corrected chi connectivity index (χ3v) is 2.55. The van der Waals surface area contributed by atoms with Gasteiger partial charge in [0, 0.05) is 11.7 Å². The van der Waals surface area contributed by atoms with Gasteiger partial charge in [-0.3, -0.25) is 9.59 Å². The van der Waals surface area contributed by atoms with Crippen molar-refractivity contribution in [3.8, 4) is 0 Å². The zero-order valence-electron chi connectivity index (χ0n) is 9.42. The lowest BCUT2D eigenvalue weighted by Crippen LogP contribution is -2.36. The maximum atomic E-state index is 13.2. The van der Waals surface area contributed by atoms with Crippen molar-refractivity contribution in [1.29, 1.82) is 0 Å². The average Bonchev–Trinajstić information content (AvgIpc) is 3.07. The molecule has 5 heteroatoms. The molecule has 0 aromatic heterocycles. The predicted molar refractivity (Wildman–Crippen MR) is 60.9 cm³/mol. The molecular weight excluding hydrogens is 223 g/mol. The lowest BCUT2D eigenvalue weighted by atomic mass is 10.2. The standard InChI is InChI=1S/C12H13FN2O2/c1-7-2-3-9(6-10(7)13)15-12(17)11(16)14-8-4-5-8/h2-3,6,8H,4-5H2,1H3,(H,14,16)(H,15,17). The molecule has 4 nitrogen and oxygen atoms in total. The number of hydrogen-bond donors (Lipinski definition) is 2. The van der Waals surface area contributed by atoms with Crippen molar-refractivity contribution in [1.82, 2.24) is 5.32 Å². The van der Waals surface area contributed by atoms with E-state index in [1.54, 1.807) is 19.1 Å². The minimum atomic E-state index is -0.764. The number of rotatable bonds is 2. The van der Waals surface area contributed by atoms with Crippen LogP contribution in [0.25, 0.3) is 0 Å². The quantitative estimate of drug-likeness (QED) is 0.761. The number of nitrogens with one attached hydrogen (secondary N) is 2. The molecule has 1 aliphatic carbocycles. The fraction of sp³-hybridized carbons (Fsp3) is 0.333. The molecule has 0 radical (unpaired) electrons. The van der Waals surface area contributed by atoms with Gasteiger partial charge >= 0.3 is 11.8 Å². The third-order valence-electron chi connectivity index (χ3n) is 2.55. The molecule has 2 N–H and O–H groups in total. The zero-order valence-corrected chi connectivity index (χ0v) is 9.42. The lowest BCUT2D eigenvalue weighted by Gasteiger charge is -2.06. The Morgan fingerprint density at radius 1 is 1.29 bits per heavy atom. The van der Waals surface area contributed by atoms with E-state index in [4.69, 9.17) is 0 Å². The summed E-state index contributed by atoms with van der Waals surface area (Å²) >= 11 is 0. The first-order valence-electron chi connectivity index (χ1n) is 5.44. The molecule has 2 amide bonds. The highest BCUT2D eigenvalue weighted by Crippen LogP contribution is 2.18. The second-order valence-electron chi connectivity index (χ2n) is 4.17. The van der Waals surface area contributed by atoms with E-state index >= 15 is 0 Å². The lowest BCUT2D eigenvalue weighted by molar-refractivity contribution is -0.136. The molecule has 0 heterocycles. The van der Waals surface area contributed by atoms with Crippen LogP contribution >= 0.6 is 0 Å². The van der Waals surface area contributed by atoms with Crippen molar-refractivity contribution in [2.75, 3.05) is 5.32 Å². The smallest absolute Gasteiger partial charge is 0.313 e. The molecule has 1 aliphatic rings. The number of hydrogen-bond acceptors (Lipinski definition) is 2. The Morgan fingerprint density at radius 3 is 2.59 bits per heavy atom. The second-order valence-corrected chi connectivity index (χ2v) is 4.17. The van der Waals surface area contributed by atoms with Crippen molar-refractivity contribution in [3.63, 3.8) is 0 Å². The summed E-state index contributed by atoms with van der Waals surface area (Å²) in [6.07, 6.45) is 1.83. The summed E-state index contributed by atoms with van der Waals surface area (Å²) in [5, 5.41) is 4.91. The molecule has 0 aliphatic heterocycles. The first kappa shape index (κ1) is 11.6. The Labute approximate surface area is 98.2 Å². The molecule has 2 rings (SSSR count). The van der Waals surface area contributed by atoms with Gasteiger partial charge in [0.2, 0.25) is 0 Å². The van der Waals surface area contributed by atoms with Crippen LogP contribution in [0.15, 0.2) is 18.2 Å². The average molecular weight is 236 g/mol. The highest BCUT2D eigenvalue weighted by atomic mass is 19.1. The van der Waals surface area contributed by atoms with Gasteiger partial charge in [-0.05, 0) is 37.5 Å². The van der Waals surface area contributed by atoms with Gasteiger partial charge in [0.25, 0.3) is 0 Å². The molecule has 0 bridgehead atoms. The van der Waals surface area contributed by atoms with E-state index in [0.29, 0.717) is 5.56 Å². The van der Waals surface area contributed by atoms with Crippen molar-refractivity contribution in [2.45, 2.75) is 25.8 Å². The van der Waals surface area contributed by atoms with Crippen LogP contribution < -0.4 is 10.6 Å². The minimum absolute atomic E-state index is 0.128. The number of amides is 2. The Balaban J connectivity index is 1.96. The molecule has 1 fully saturated rings. The number of halogens is 1. The Kier molecular flexibility index (Phi) is 3.08. The molecule has 17 heavy (non-hydrogen) atoms. The van der Waals surface area contributed by atoms with E-state index in [-0.39, 0.29) is 11.7 Å². The normalized spacial score (nSPS) is 14.2. The third kappa shape index (κ3) is 3.03. The van der Waals surface area contributed by atoms with Gasteiger partial charge in [-0.15, -0.1) is 0 Å². The molecule has 0 atom stereocenters. The first-order chi connectivity index (χ1) is 8.06. The summed E-state index contributed by atoms with van der Waals surface area (Å²) in [7, 11) is 0. The zero-order chi connectivity index (χ0) is 12.4. The fourth-order valence-electron chi connectivity index (χ4n) is 1.34. The Hall–Kier alpha value is -1.91. The summed E-state index contributed by atoms with van der Waals surface area (Å²) in [5.74, 6) is -1.85. The maximum absolute atomic E-state index is 13.2. The number of carbonyl (C=O) groups excluding carboxylic acids is 2. The van der Waals surface area contributed by atoms with E-state index < -0.39 is 17.6 Å². The van der Waals surface area contributed by atoms with Crippen LogP contribution in [0, 0.1) is 12.7 Å². The van der Waals surface area contributed by atoms with Crippen molar-refractivity contribution < 1.29 is 14.0 Å². The summed E-state index contributed by atoms with van der Waals surface area (Å²) < 4.78 is 13.2. The number of carbonyl (C=O) groups is 2. The van der Waals surface area contributed by atoms with E-state index in [1.807, 2.05) is 0 Å². The van der Waals surface area contributed by atoms with Gasteiger partial charge in [0.05, 0.1) is 0 Å².